The Hall–Kier alpha value is -1.24. The van der Waals surface area contributed by atoms with Gasteiger partial charge >= 0.3 is 17.9 Å². The molecule has 7 heteroatoms. The van der Waals surface area contributed by atoms with Crippen molar-refractivity contribution in [2.75, 3.05) is 19.8 Å². The molecule has 1 rings (SSSR count). The van der Waals surface area contributed by atoms with Crippen LogP contribution in [0.1, 0.15) is 13.3 Å². The fraction of sp³-hybridized carbons (Fsp3) is 0.778. The number of alkyl halides is 2. The Balaban J connectivity index is 2.12. The predicted molar refractivity (Wildman–Crippen MR) is 46.9 cm³/mol. The van der Waals surface area contributed by atoms with Gasteiger partial charge in [0.15, 0.2) is 6.61 Å². The molecule has 0 radical (unpaired) electrons. The number of hydrogen-bond acceptors (Lipinski definition) is 5. The van der Waals surface area contributed by atoms with Crippen LogP contribution >= 0.6 is 0 Å². The third-order valence-electron chi connectivity index (χ3n) is 1.90. The van der Waals surface area contributed by atoms with Crippen LogP contribution in [0.2, 0.25) is 0 Å². The van der Waals surface area contributed by atoms with Gasteiger partial charge in [0.25, 0.3) is 0 Å². The average Bonchev–Trinajstić information content (AvgIpc) is 2.10. The van der Waals surface area contributed by atoms with E-state index in [-0.39, 0.29) is 12.7 Å². The summed E-state index contributed by atoms with van der Waals surface area (Å²) in [5.74, 6) is -6.21. The number of rotatable bonds is 5. The Kier molecular flexibility index (Phi) is 4.17. The van der Waals surface area contributed by atoms with E-state index in [1.165, 1.54) is 0 Å². The van der Waals surface area contributed by atoms with Crippen molar-refractivity contribution in [1.29, 1.82) is 0 Å². The highest BCUT2D eigenvalue weighted by Crippen LogP contribution is 2.13. The second kappa shape index (κ2) is 5.20. The monoisotopic (exact) mass is 238 g/mol. The van der Waals surface area contributed by atoms with E-state index < -0.39 is 24.5 Å². The van der Waals surface area contributed by atoms with Crippen LogP contribution in [0.3, 0.4) is 0 Å². The summed E-state index contributed by atoms with van der Waals surface area (Å²) in [6.07, 6.45) is 0.660. The second-order valence-corrected chi connectivity index (χ2v) is 3.43. The van der Waals surface area contributed by atoms with E-state index in [0.717, 1.165) is 6.42 Å². The lowest BCUT2D eigenvalue weighted by molar-refractivity contribution is -0.177. The van der Waals surface area contributed by atoms with Crippen LogP contribution in [0, 0.1) is 0 Å². The fourth-order valence-electron chi connectivity index (χ4n) is 0.895. The van der Waals surface area contributed by atoms with Crippen molar-refractivity contribution >= 4 is 11.9 Å². The molecule has 92 valence electrons. The standard InChI is InChI=1S/C9H12F2O5/c1-9(10,11)8(13)16-5-7(12)15-4-6-2-3-14-6/h6H,2-5H2,1H3. The molecule has 1 fully saturated rings. The van der Waals surface area contributed by atoms with Gasteiger partial charge in [-0.2, -0.15) is 8.78 Å². The van der Waals surface area contributed by atoms with Gasteiger partial charge in [0.2, 0.25) is 0 Å². The van der Waals surface area contributed by atoms with Crippen LogP contribution in [-0.4, -0.2) is 43.8 Å². The third-order valence-corrected chi connectivity index (χ3v) is 1.90. The first kappa shape index (κ1) is 12.8. The zero-order valence-electron chi connectivity index (χ0n) is 8.70. The number of carbonyl (C=O) groups is 2. The van der Waals surface area contributed by atoms with E-state index in [2.05, 4.69) is 9.47 Å². The summed E-state index contributed by atoms with van der Waals surface area (Å²) in [7, 11) is 0. The van der Waals surface area contributed by atoms with Gasteiger partial charge in [-0.05, 0) is 0 Å². The highest BCUT2D eigenvalue weighted by molar-refractivity contribution is 5.80. The van der Waals surface area contributed by atoms with Crippen molar-refractivity contribution in [2.45, 2.75) is 25.4 Å². The zero-order chi connectivity index (χ0) is 12.2. The summed E-state index contributed by atoms with van der Waals surface area (Å²) in [5, 5.41) is 0. The first-order valence-corrected chi connectivity index (χ1v) is 4.72. The van der Waals surface area contributed by atoms with Crippen molar-refractivity contribution in [1.82, 2.24) is 0 Å². The van der Waals surface area contributed by atoms with Crippen LogP contribution in [-0.2, 0) is 23.8 Å². The van der Waals surface area contributed by atoms with E-state index in [0.29, 0.717) is 13.5 Å². The van der Waals surface area contributed by atoms with Crippen molar-refractivity contribution in [3.8, 4) is 0 Å². The van der Waals surface area contributed by atoms with Gasteiger partial charge < -0.3 is 14.2 Å². The quantitative estimate of drug-likeness (QED) is 0.653. The van der Waals surface area contributed by atoms with Crippen LogP contribution < -0.4 is 0 Å². The van der Waals surface area contributed by atoms with Crippen LogP contribution in [0.5, 0.6) is 0 Å². The number of ether oxygens (including phenoxy) is 3. The average molecular weight is 238 g/mol. The molecular formula is C9H12F2O5. The lowest BCUT2D eigenvalue weighted by Crippen LogP contribution is -2.34. The van der Waals surface area contributed by atoms with Gasteiger partial charge in [-0.25, -0.2) is 9.59 Å². The molecule has 16 heavy (non-hydrogen) atoms. The van der Waals surface area contributed by atoms with Crippen molar-refractivity contribution in [2.24, 2.45) is 0 Å². The van der Waals surface area contributed by atoms with Crippen LogP contribution in [0.25, 0.3) is 0 Å². The van der Waals surface area contributed by atoms with E-state index in [1.54, 1.807) is 0 Å². The SMILES string of the molecule is CC(F)(F)C(=O)OCC(=O)OCC1CCO1. The highest BCUT2D eigenvalue weighted by atomic mass is 19.3. The highest BCUT2D eigenvalue weighted by Gasteiger charge is 2.34. The second-order valence-electron chi connectivity index (χ2n) is 3.43. The molecule has 1 saturated heterocycles. The zero-order valence-corrected chi connectivity index (χ0v) is 8.70. The van der Waals surface area contributed by atoms with E-state index >= 15 is 0 Å². The lowest BCUT2D eigenvalue weighted by atomic mass is 10.2. The molecule has 1 heterocycles. The van der Waals surface area contributed by atoms with Crippen molar-refractivity contribution in [3.05, 3.63) is 0 Å². The van der Waals surface area contributed by atoms with Crippen molar-refractivity contribution < 1.29 is 32.6 Å². The largest absolute Gasteiger partial charge is 0.460 e. The maximum absolute atomic E-state index is 12.3. The van der Waals surface area contributed by atoms with E-state index in [4.69, 9.17) is 4.74 Å². The Morgan fingerprint density at radius 2 is 2.06 bits per heavy atom. The smallest absolute Gasteiger partial charge is 0.377 e. The molecule has 0 aromatic rings. The molecule has 1 unspecified atom stereocenters. The number of esters is 2. The third kappa shape index (κ3) is 4.09. The lowest BCUT2D eigenvalue weighted by Gasteiger charge is -2.25. The molecule has 0 spiro atoms. The Morgan fingerprint density at radius 3 is 2.50 bits per heavy atom. The van der Waals surface area contributed by atoms with Gasteiger partial charge in [0.05, 0.1) is 6.10 Å². The minimum Gasteiger partial charge on any atom is -0.460 e. The molecule has 0 bridgehead atoms. The summed E-state index contributed by atoms with van der Waals surface area (Å²) in [5.41, 5.74) is 0. The molecule has 0 aromatic carbocycles. The fourth-order valence-corrected chi connectivity index (χ4v) is 0.895. The molecule has 0 N–H and O–H groups in total. The number of halogens is 2. The van der Waals surface area contributed by atoms with Gasteiger partial charge in [0, 0.05) is 20.0 Å². The maximum Gasteiger partial charge on any atom is 0.377 e. The van der Waals surface area contributed by atoms with Crippen molar-refractivity contribution in [3.63, 3.8) is 0 Å². The Bertz CT molecular complexity index is 270. The molecule has 0 aromatic heterocycles. The van der Waals surface area contributed by atoms with Gasteiger partial charge in [-0.15, -0.1) is 0 Å². The minimum atomic E-state index is -3.60. The summed E-state index contributed by atoms with van der Waals surface area (Å²) in [6, 6.07) is 0. The molecule has 0 aliphatic carbocycles. The normalized spacial score (nSPS) is 19.8. The molecule has 1 aliphatic heterocycles. The molecule has 1 aliphatic rings. The first-order chi connectivity index (χ1) is 7.39. The van der Waals surface area contributed by atoms with E-state index in [1.807, 2.05) is 0 Å². The summed E-state index contributed by atoms with van der Waals surface area (Å²) in [6.45, 7) is 0.260. The number of hydrogen-bond donors (Lipinski definition) is 0. The first-order valence-electron chi connectivity index (χ1n) is 4.72. The molecular weight excluding hydrogens is 226 g/mol. The maximum atomic E-state index is 12.3. The molecule has 1 atom stereocenters. The minimum absolute atomic E-state index is 0.0545. The summed E-state index contributed by atoms with van der Waals surface area (Å²) >= 11 is 0. The molecule has 0 amide bonds. The van der Waals surface area contributed by atoms with Crippen LogP contribution in [0.4, 0.5) is 8.78 Å². The Labute approximate surface area is 90.6 Å². The van der Waals surface area contributed by atoms with Gasteiger partial charge in [-0.3, -0.25) is 0 Å². The van der Waals surface area contributed by atoms with Crippen LogP contribution in [0.15, 0.2) is 0 Å². The molecule has 0 saturated carbocycles. The topological polar surface area (TPSA) is 61.8 Å². The van der Waals surface area contributed by atoms with Gasteiger partial charge in [-0.1, -0.05) is 0 Å². The summed E-state index contributed by atoms with van der Waals surface area (Å²) < 4.78 is 38.2. The van der Waals surface area contributed by atoms with E-state index in [9.17, 15) is 18.4 Å². The Morgan fingerprint density at radius 1 is 1.44 bits per heavy atom. The molecule has 5 nitrogen and oxygen atoms in total. The summed E-state index contributed by atoms with van der Waals surface area (Å²) in [4.78, 5) is 21.5. The number of carbonyl (C=O) groups excluding carboxylic acids is 2. The van der Waals surface area contributed by atoms with Gasteiger partial charge in [0.1, 0.15) is 6.61 Å². The predicted octanol–water partition coefficient (Wildman–Crippen LogP) is 0.517.